The molecule has 0 N–H and O–H groups in total. The molecule has 2 aromatic rings. The van der Waals surface area contributed by atoms with Crippen molar-refractivity contribution in [2.75, 3.05) is 0 Å². The zero-order valence-electron chi connectivity index (χ0n) is 16.4. The summed E-state index contributed by atoms with van der Waals surface area (Å²) in [5, 5.41) is 0. The van der Waals surface area contributed by atoms with Gasteiger partial charge in [0, 0.05) is 0 Å². The molecule has 4 heteroatoms. The van der Waals surface area contributed by atoms with Gasteiger partial charge < -0.3 is 4.74 Å². The molecule has 0 aromatic heterocycles. The molecule has 144 valence electrons. The summed E-state index contributed by atoms with van der Waals surface area (Å²) in [5.74, 6) is -1.60. The maximum absolute atomic E-state index is 14.6. The quantitative estimate of drug-likeness (QED) is 0.460. The maximum atomic E-state index is 14.6. The molecule has 0 atom stereocenters. The van der Waals surface area contributed by atoms with Crippen molar-refractivity contribution in [3.8, 4) is 5.75 Å². The number of carbonyl (C=O) groups excluding carboxylic acids is 1. The molecule has 1 saturated carbocycles. The van der Waals surface area contributed by atoms with Gasteiger partial charge >= 0.3 is 5.97 Å². The van der Waals surface area contributed by atoms with Gasteiger partial charge in [0.15, 0.2) is 0 Å². The number of ether oxygens (including phenoxy) is 1. The monoisotopic (exact) mass is 372 g/mol. The average molecular weight is 372 g/mol. The van der Waals surface area contributed by atoms with E-state index < -0.39 is 23.2 Å². The van der Waals surface area contributed by atoms with E-state index in [0.717, 1.165) is 42.4 Å². The second kappa shape index (κ2) is 7.79. The molecule has 1 aliphatic rings. The van der Waals surface area contributed by atoms with Crippen LogP contribution in [0.25, 0.3) is 0 Å². The first-order chi connectivity index (χ1) is 12.8. The first-order valence-electron chi connectivity index (χ1n) is 9.55. The van der Waals surface area contributed by atoms with Crippen LogP contribution in [0, 0.1) is 38.3 Å². The first kappa shape index (κ1) is 19.5. The van der Waals surface area contributed by atoms with Crippen molar-refractivity contribution in [2.45, 2.75) is 59.3 Å². The minimum Gasteiger partial charge on any atom is -0.423 e. The van der Waals surface area contributed by atoms with Gasteiger partial charge in [-0.25, -0.2) is 13.6 Å². The molecule has 2 aromatic carbocycles. The third-order valence-corrected chi connectivity index (χ3v) is 5.87. The molecule has 0 radical (unpaired) electrons. The number of halogens is 2. The highest BCUT2D eigenvalue weighted by Gasteiger charge is 2.25. The summed E-state index contributed by atoms with van der Waals surface area (Å²) in [6, 6.07) is 6.00. The third kappa shape index (κ3) is 4.20. The van der Waals surface area contributed by atoms with E-state index in [-0.39, 0.29) is 5.92 Å². The zero-order valence-corrected chi connectivity index (χ0v) is 16.4. The van der Waals surface area contributed by atoms with Crippen LogP contribution in [0.2, 0.25) is 0 Å². The van der Waals surface area contributed by atoms with Gasteiger partial charge in [-0.3, -0.25) is 0 Å². The van der Waals surface area contributed by atoms with E-state index in [4.69, 9.17) is 4.74 Å². The zero-order chi connectivity index (χ0) is 19.7. The van der Waals surface area contributed by atoms with Crippen LogP contribution in [0.15, 0.2) is 24.3 Å². The number of hydrogen-bond acceptors (Lipinski definition) is 2. The lowest BCUT2D eigenvalue weighted by Gasteiger charge is -2.26. The summed E-state index contributed by atoms with van der Waals surface area (Å²) in [5.41, 5.74) is 3.02. The van der Waals surface area contributed by atoms with Crippen molar-refractivity contribution in [2.24, 2.45) is 5.92 Å². The number of esters is 1. The largest absolute Gasteiger partial charge is 0.423 e. The predicted molar refractivity (Wildman–Crippen MR) is 102 cm³/mol. The Morgan fingerprint density at radius 3 is 1.96 bits per heavy atom. The SMILES string of the molecule is Cc1cc(OC(=O)c2c(F)cc(C3CCC(C)CC3)cc2F)cc(C)c1C. The van der Waals surface area contributed by atoms with E-state index in [0.29, 0.717) is 17.2 Å². The Bertz CT molecular complexity index is 819. The van der Waals surface area contributed by atoms with E-state index in [9.17, 15) is 13.6 Å². The summed E-state index contributed by atoms with van der Waals surface area (Å²) in [4.78, 5) is 12.4. The highest BCUT2D eigenvalue weighted by molar-refractivity contribution is 5.91. The third-order valence-electron chi connectivity index (χ3n) is 5.87. The summed E-state index contributed by atoms with van der Waals surface area (Å²) >= 11 is 0. The van der Waals surface area contributed by atoms with Crippen LogP contribution in [0.1, 0.15) is 71.1 Å². The smallest absolute Gasteiger partial charge is 0.349 e. The molecular formula is C23H26F2O2. The van der Waals surface area contributed by atoms with E-state index in [2.05, 4.69) is 6.92 Å². The maximum Gasteiger partial charge on any atom is 0.349 e. The lowest BCUT2D eigenvalue weighted by molar-refractivity contribution is 0.0724. The normalized spacial score (nSPS) is 19.8. The van der Waals surface area contributed by atoms with Gasteiger partial charge in [-0.15, -0.1) is 0 Å². The fourth-order valence-electron chi connectivity index (χ4n) is 3.83. The van der Waals surface area contributed by atoms with E-state index in [1.165, 1.54) is 12.1 Å². The highest BCUT2D eigenvalue weighted by Crippen LogP contribution is 2.36. The standard InChI is InChI=1S/C23H26F2O2/c1-13-5-7-17(8-6-13)18-11-20(24)22(21(25)12-18)23(26)27-19-9-14(2)16(4)15(3)10-19/h9-13,17H,5-8H2,1-4H3. The van der Waals surface area contributed by atoms with Crippen molar-refractivity contribution in [1.82, 2.24) is 0 Å². The van der Waals surface area contributed by atoms with Crippen molar-refractivity contribution < 1.29 is 18.3 Å². The van der Waals surface area contributed by atoms with Gasteiger partial charge in [-0.05, 0) is 92.0 Å². The van der Waals surface area contributed by atoms with Gasteiger partial charge in [-0.1, -0.05) is 19.8 Å². The Hall–Kier alpha value is -2.23. The Morgan fingerprint density at radius 2 is 1.44 bits per heavy atom. The molecule has 0 amide bonds. The van der Waals surface area contributed by atoms with Crippen LogP contribution in [0.3, 0.4) is 0 Å². The molecule has 0 heterocycles. The minimum atomic E-state index is -1.00. The van der Waals surface area contributed by atoms with Crippen LogP contribution >= 0.6 is 0 Å². The topological polar surface area (TPSA) is 26.3 Å². The molecule has 27 heavy (non-hydrogen) atoms. The van der Waals surface area contributed by atoms with E-state index in [1.807, 2.05) is 20.8 Å². The van der Waals surface area contributed by atoms with Crippen LogP contribution in [0.4, 0.5) is 8.78 Å². The molecule has 1 fully saturated rings. The lowest BCUT2D eigenvalue weighted by atomic mass is 9.79. The average Bonchev–Trinajstić information content (AvgIpc) is 2.59. The Morgan fingerprint density at radius 1 is 0.926 bits per heavy atom. The highest BCUT2D eigenvalue weighted by atomic mass is 19.1. The molecule has 0 saturated heterocycles. The first-order valence-corrected chi connectivity index (χ1v) is 9.55. The fourth-order valence-corrected chi connectivity index (χ4v) is 3.83. The summed E-state index contributed by atoms with van der Waals surface area (Å²) in [6.45, 7) is 7.98. The molecule has 0 spiro atoms. The minimum absolute atomic E-state index is 0.151. The van der Waals surface area contributed by atoms with E-state index in [1.54, 1.807) is 12.1 Å². The van der Waals surface area contributed by atoms with Gasteiger partial charge in [0.1, 0.15) is 22.9 Å². The summed E-state index contributed by atoms with van der Waals surface area (Å²) in [6.07, 6.45) is 3.96. The van der Waals surface area contributed by atoms with Crippen molar-refractivity contribution in [3.05, 3.63) is 63.7 Å². The number of rotatable bonds is 3. The molecule has 0 bridgehead atoms. The van der Waals surface area contributed by atoms with Crippen molar-refractivity contribution in [1.29, 1.82) is 0 Å². The second-order valence-corrected chi connectivity index (χ2v) is 7.89. The number of hydrogen-bond donors (Lipinski definition) is 0. The van der Waals surface area contributed by atoms with Crippen LogP contribution in [-0.4, -0.2) is 5.97 Å². The summed E-state index contributed by atoms with van der Waals surface area (Å²) < 4.78 is 34.4. The Balaban J connectivity index is 1.83. The van der Waals surface area contributed by atoms with E-state index >= 15 is 0 Å². The van der Waals surface area contributed by atoms with Gasteiger partial charge in [0.2, 0.25) is 0 Å². The van der Waals surface area contributed by atoms with Crippen LogP contribution in [0.5, 0.6) is 5.75 Å². The van der Waals surface area contributed by atoms with Gasteiger partial charge in [0.25, 0.3) is 0 Å². The number of aryl methyl sites for hydroxylation is 2. The number of carbonyl (C=O) groups is 1. The second-order valence-electron chi connectivity index (χ2n) is 7.89. The Labute approximate surface area is 159 Å². The van der Waals surface area contributed by atoms with Crippen LogP contribution in [-0.2, 0) is 0 Å². The van der Waals surface area contributed by atoms with Gasteiger partial charge in [-0.2, -0.15) is 0 Å². The van der Waals surface area contributed by atoms with Crippen molar-refractivity contribution >= 4 is 5.97 Å². The molecule has 1 aliphatic carbocycles. The molecule has 0 aliphatic heterocycles. The van der Waals surface area contributed by atoms with Crippen molar-refractivity contribution in [3.63, 3.8) is 0 Å². The summed E-state index contributed by atoms with van der Waals surface area (Å²) in [7, 11) is 0. The van der Waals surface area contributed by atoms with Gasteiger partial charge in [0.05, 0.1) is 0 Å². The molecule has 2 nitrogen and oxygen atoms in total. The predicted octanol–water partition coefficient (Wildman–Crippen LogP) is 6.40. The van der Waals surface area contributed by atoms with Crippen LogP contribution < -0.4 is 4.74 Å². The molecular weight excluding hydrogens is 346 g/mol. The molecule has 3 rings (SSSR count). The lowest BCUT2D eigenvalue weighted by Crippen LogP contribution is -2.16. The Kier molecular flexibility index (Phi) is 5.64. The molecule has 0 unspecified atom stereocenters. The fraction of sp³-hybridized carbons (Fsp3) is 0.435. The number of benzene rings is 2.